The number of epoxide rings is 1. The molecule has 94 valence electrons. The Balaban J connectivity index is 2.04. The van der Waals surface area contributed by atoms with Crippen LogP contribution >= 0.6 is 0 Å². The van der Waals surface area contributed by atoms with Gasteiger partial charge in [0.25, 0.3) is 0 Å². The van der Waals surface area contributed by atoms with Crippen LogP contribution in [0.2, 0.25) is 0 Å². The molecule has 1 unspecified atom stereocenters. The number of aryl methyl sites for hydroxylation is 1. The third-order valence-corrected chi connectivity index (χ3v) is 2.94. The molecule has 1 fully saturated rings. The lowest BCUT2D eigenvalue weighted by Gasteiger charge is -2.05. The summed E-state index contributed by atoms with van der Waals surface area (Å²) in [6.07, 6.45) is 0.159. The molecule has 3 rings (SSSR count). The maximum Gasteiger partial charge on any atom is 0.372 e. The van der Waals surface area contributed by atoms with Gasteiger partial charge in [0.15, 0.2) is 0 Å². The number of hydrogen-bond donors (Lipinski definition) is 1. The minimum absolute atomic E-state index is 0.0382. The number of aromatic carboxylic acids is 1. The van der Waals surface area contributed by atoms with Crippen LogP contribution in [-0.2, 0) is 4.74 Å². The van der Waals surface area contributed by atoms with Crippen LogP contribution in [0.3, 0.4) is 0 Å². The number of carbonyl (C=O) groups is 1. The minimum Gasteiger partial charge on any atom is -0.490 e. The van der Waals surface area contributed by atoms with Gasteiger partial charge in [0.05, 0.1) is 12.0 Å². The van der Waals surface area contributed by atoms with Crippen molar-refractivity contribution in [2.45, 2.75) is 13.0 Å². The highest BCUT2D eigenvalue weighted by Gasteiger charge is 2.24. The summed E-state index contributed by atoms with van der Waals surface area (Å²) in [5, 5.41) is 9.75. The number of rotatable bonds is 4. The molecule has 0 aliphatic carbocycles. The Bertz CT molecular complexity index is 609. The fraction of sp³-hybridized carbons (Fsp3) is 0.308. The standard InChI is InChI=1S/C13H12O5/c1-7-11-9(17-6-8-5-16-8)3-2-4-10(11)18-12(7)13(14)15/h2-4,8H,5-6H2,1H3,(H,14,15). The maximum atomic E-state index is 11.0. The second-order valence-corrected chi connectivity index (χ2v) is 4.26. The van der Waals surface area contributed by atoms with Crippen molar-refractivity contribution < 1.29 is 23.8 Å². The molecular weight excluding hydrogens is 236 g/mol. The summed E-state index contributed by atoms with van der Waals surface area (Å²) in [4.78, 5) is 11.0. The quantitative estimate of drug-likeness (QED) is 0.840. The third kappa shape index (κ3) is 1.82. The van der Waals surface area contributed by atoms with Gasteiger partial charge < -0.3 is 19.0 Å². The van der Waals surface area contributed by atoms with Gasteiger partial charge in [-0.15, -0.1) is 0 Å². The Hall–Kier alpha value is -2.01. The zero-order valence-electron chi connectivity index (χ0n) is 9.80. The van der Waals surface area contributed by atoms with E-state index in [1.54, 1.807) is 25.1 Å². The molecule has 5 heteroatoms. The van der Waals surface area contributed by atoms with Crippen molar-refractivity contribution in [3.63, 3.8) is 0 Å². The van der Waals surface area contributed by atoms with Crippen molar-refractivity contribution in [1.29, 1.82) is 0 Å². The molecule has 18 heavy (non-hydrogen) atoms. The molecule has 1 aliphatic rings. The number of carboxylic acid groups (broad SMARTS) is 1. The minimum atomic E-state index is -1.07. The summed E-state index contributed by atoms with van der Waals surface area (Å²) in [6.45, 7) is 2.92. The van der Waals surface area contributed by atoms with E-state index in [-0.39, 0.29) is 11.9 Å². The van der Waals surface area contributed by atoms with Crippen LogP contribution in [-0.4, -0.2) is 30.4 Å². The van der Waals surface area contributed by atoms with Gasteiger partial charge in [-0.25, -0.2) is 4.79 Å². The van der Waals surface area contributed by atoms with Gasteiger partial charge in [-0.2, -0.15) is 0 Å². The molecule has 1 atom stereocenters. The van der Waals surface area contributed by atoms with Crippen LogP contribution in [0.1, 0.15) is 16.1 Å². The molecule has 1 aromatic heterocycles. The molecular formula is C13H12O5. The Morgan fingerprint density at radius 1 is 1.56 bits per heavy atom. The second kappa shape index (κ2) is 4.03. The first-order chi connectivity index (χ1) is 8.66. The zero-order valence-corrected chi connectivity index (χ0v) is 9.80. The van der Waals surface area contributed by atoms with Crippen LogP contribution in [0.25, 0.3) is 11.0 Å². The normalized spacial score (nSPS) is 17.9. The molecule has 1 aromatic carbocycles. The second-order valence-electron chi connectivity index (χ2n) is 4.26. The summed E-state index contributed by atoms with van der Waals surface area (Å²) >= 11 is 0. The lowest BCUT2D eigenvalue weighted by atomic mass is 10.1. The predicted octanol–water partition coefficient (Wildman–Crippen LogP) is 2.22. The fourth-order valence-electron chi connectivity index (χ4n) is 1.94. The van der Waals surface area contributed by atoms with Gasteiger partial charge in [-0.1, -0.05) is 6.07 Å². The monoisotopic (exact) mass is 248 g/mol. The summed E-state index contributed by atoms with van der Waals surface area (Å²) in [5.74, 6) is -0.472. The molecule has 2 aromatic rings. The number of fused-ring (bicyclic) bond motifs is 1. The molecule has 0 amide bonds. The average molecular weight is 248 g/mol. The van der Waals surface area contributed by atoms with E-state index in [0.717, 1.165) is 12.0 Å². The molecule has 1 aliphatic heterocycles. The number of ether oxygens (including phenoxy) is 2. The molecule has 5 nitrogen and oxygen atoms in total. The largest absolute Gasteiger partial charge is 0.490 e. The summed E-state index contributed by atoms with van der Waals surface area (Å²) in [7, 11) is 0. The Morgan fingerprint density at radius 3 is 3.00 bits per heavy atom. The van der Waals surface area contributed by atoms with Gasteiger partial charge in [0, 0.05) is 5.56 Å². The lowest BCUT2D eigenvalue weighted by molar-refractivity contribution is 0.0664. The van der Waals surface area contributed by atoms with Crippen LogP contribution in [0.5, 0.6) is 5.75 Å². The first-order valence-corrected chi connectivity index (χ1v) is 5.66. The SMILES string of the molecule is Cc1c(C(=O)O)oc2cccc(OCC3CO3)c12. The Labute approximate surface area is 103 Å². The first kappa shape index (κ1) is 11.1. The Morgan fingerprint density at radius 2 is 2.33 bits per heavy atom. The van der Waals surface area contributed by atoms with E-state index in [1.807, 2.05) is 0 Å². The molecule has 1 N–H and O–H groups in total. The predicted molar refractivity (Wildman–Crippen MR) is 63.1 cm³/mol. The summed E-state index contributed by atoms with van der Waals surface area (Å²) < 4.78 is 16.0. The molecule has 2 heterocycles. The van der Waals surface area contributed by atoms with Crippen molar-refractivity contribution in [3.05, 3.63) is 29.5 Å². The molecule has 0 saturated carbocycles. The van der Waals surface area contributed by atoms with E-state index in [2.05, 4.69) is 0 Å². The zero-order chi connectivity index (χ0) is 12.7. The van der Waals surface area contributed by atoms with E-state index in [4.69, 9.17) is 19.0 Å². The summed E-state index contributed by atoms with van der Waals surface area (Å²) in [5.41, 5.74) is 1.11. The van der Waals surface area contributed by atoms with E-state index < -0.39 is 5.97 Å². The first-order valence-electron chi connectivity index (χ1n) is 5.66. The van der Waals surface area contributed by atoms with Gasteiger partial charge >= 0.3 is 5.97 Å². The van der Waals surface area contributed by atoms with Gasteiger partial charge in [-0.05, 0) is 19.1 Å². The maximum absolute atomic E-state index is 11.0. The molecule has 1 saturated heterocycles. The molecule has 0 bridgehead atoms. The number of benzene rings is 1. The van der Waals surface area contributed by atoms with Crippen LogP contribution in [0.15, 0.2) is 22.6 Å². The van der Waals surface area contributed by atoms with E-state index >= 15 is 0 Å². The van der Waals surface area contributed by atoms with Crippen LogP contribution < -0.4 is 4.74 Å². The highest BCUT2D eigenvalue weighted by Crippen LogP contribution is 2.33. The van der Waals surface area contributed by atoms with E-state index in [9.17, 15) is 4.79 Å². The number of carboxylic acids is 1. The van der Waals surface area contributed by atoms with Gasteiger partial charge in [0.1, 0.15) is 24.0 Å². The summed E-state index contributed by atoms with van der Waals surface area (Å²) in [6, 6.07) is 5.31. The van der Waals surface area contributed by atoms with Crippen LogP contribution in [0, 0.1) is 6.92 Å². The van der Waals surface area contributed by atoms with Crippen molar-refractivity contribution in [2.24, 2.45) is 0 Å². The van der Waals surface area contributed by atoms with E-state index in [0.29, 0.717) is 23.5 Å². The van der Waals surface area contributed by atoms with Gasteiger partial charge in [-0.3, -0.25) is 0 Å². The topological polar surface area (TPSA) is 72.2 Å². The van der Waals surface area contributed by atoms with Crippen molar-refractivity contribution in [3.8, 4) is 5.75 Å². The number of furan rings is 1. The van der Waals surface area contributed by atoms with Crippen molar-refractivity contribution >= 4 is 16.9 Å². The van der Waals surface area contributed by atoms with Crippen molar-refractivity contribution in [1.82, 2.24) is 0 Å². The third-order valence-electron chi connectivity index (χ3n) is 2.94. The highest BCUT2D eigenvalue weighted by molar-refractivity contribution is 5.97. The van der Waals surface area contributed by atoms with Crippen LogP contribution in [0.4, 0.5) is 0 Å². The Kier molecular flexibility index (Phi) is 2.48. The lowest BCUT2D eigenvalue weighted by Crippen LogP contribution is -2.04. The highest BCUT2D eigenvalue weighted by atomic mass is 16.6. The van der Waals surface area contributed by atoms with Gasteiger partial charge in [0.2, 0.25) is 5.76 Å². The number of hydrogen-bond acceptors (Lipinski definition) is 4. The average Bonchev–Trinajstić information content (AvgIpc) is 3.10. The smallest absolute Gasteiger partial charge is 0.372 e. The van der Waals surface area contributed by atoms with Crippen molar-refractivity contribution in [2.75, 3.05) is 13.2 Å². The molecule has 0 radical (unpaired) electrons. The van der Waals surface area contributed by atoms with E-state index in [1.165, 1.54) is 0 Å². The fourth-order valence-corrected chi connectivity index (χ4v) is 1.94. The molecule has 0 spiro atoms.